The van der Waals surface area contributed by atoms with Gasteiger partial charge in [0.15, 0.2) is 0 Å². The first-order chi connectivity index (χ1) is 13.9. The highest BCUT2D eigenvalue weighted by Crippen LogP contribution is 3.08. The van der Waals surface area contributed by atoms with Crippen molar-refractivity contribution in [3.8, 4) is 5.75 Å². The van der Waals surface area contributed by atoms with Crippen LogP contribution in [0.2, 0.25) is 0 Å². The van der Waals surface area contributed by atoms with Gasteiger partial charge in [0.05, 0.1) is 21.4 Å². The highest BCUT2D eigenvalue weighted by Gasteiger charge is 3.11. The maximum absolute atomic E-state index is 12.9. The molecular formula is C23H24N2O3S. The van der Waals surface area contributed by atoms with E-state index in [1.165, 1.54) is 0 Å². The van der Waals surface area contributed by atoms with Gasteiger partial charge in [-0.1, -0.05) is 6.07 Å². The van der Waals surface area contributed by atoms with Crippen molar-refractivity contribution in [1.29, 1.82) is 0 Å². The van der Waals surface area contributed by atoms with E-state index in [2.05, 4.69) is 16.4 Å². The summed E-state index contributed by atoms with van der Waals surface area (Å²) in [6.07, 6.45) is 1.71. The average Bonchev–Trinajstić information content (AvgIpc) is 3.13. The van der Waals surface area contributed by atoms with Crippen LogP contribution in [0.4, 0.5) is 0 Å². The number of carbonyl (C=O) groups excluding carboxylic acids is 1. The maximum Gasteiger partial charge on any atom is 0.223 e. The minimum Gasteiger partial charge on any atom is -0.488 e. The van der Waals surface area contributed by atoms with Gasteiger partial charge >= 0.3 is 0 Å². The summed E-state index contributed by atoms with van der Waals surface area (Å²) in [7, 11) is 0. The number of thiazole rings is 1. The molecule has 0 spiro atoms. The number of nitrogens with zero attached hydrogens (tertiary/aromatic N) is 1. The van der Waals surface area contributed by atoms with Crippen LogP contribution in [0, 0.1) is 46.8 Å². The van der Waals surface area contributed by atoms with Crippen LogP contribution in [-0.2, 0) is 4.79 Å². The van der Waals surface area contributed by atoms with Crippen molar-refractivity contribution in [2.24, 2.45) is 46.8 Å². The van der Waals surface area contributed by atoms with Crippen molar-refractivity contribution in [2.45, 2.75) is 43.9 Å². The Morgan fingerprint density at radius 1 is 1.21 bits per heavy atom. The summed E-state index contributed by atoms with van der Waals surface area (Å²) in [5, 5.41) is 14.2. The van der Waals surface area contributed by atoms with Crippen molar-refractivity contribution in [1.82, 2.24) is 10.3 Å². The topological polar surface area (TPSA) is 71.5 Å². The number of ether oxygens (including phenoxy) is 1. The second kappa shape index (κ2) is 4.35. The fourth-order valence-electron chi connectivity index (χ4n) is 9.33. The number of nitrogens with one attached hydrogen (secondary N) is 1. The average molecular weight is 409 g/mol. The molecule has 150 valence electrons. The number of hydrogen-bond acceptors (Lipinski definition) is 5. The van der Waals surface area contributed by atoms with Gasteiger partial charge < -0.3 is 15.2 Å². The third-order valence-corrected chi connectivity index (χ3v) is 10.9. The van der Waals surface area contributed by atoms with Crippen LogP contribution in [-0.4, -0.2) is 33.2 Å². The Hall–Kier alpha value is -1.66. The van der Waals surface area contributed by atoms with Crippen LogP contribution in [0.15, 0.2) is 23.7 Å². The molecular weight excluding hydrogens is 384 g/mol. The molecule has 0 radical (unpaired) electrons. The van der Waals surface area contributed by atoms with E-state index in [4.69, 9.17) is 4.74 Å². The number of amides is 1. The Labute approximate surface area is 172 Å². The Morgan fingerprint density at radius 3 is 2.55 bits per heavy atom. The largest absolute Gasteiger partial charge is 0.488 e. The van der Waals surface area contributed by atoms with Gasteiger partial charge in [0.2, 0.25) is 5.91 Å². The van der Waals surface area contributed by atoms with Gasteiger partial charge in [-0.05, 0) is 74.3 Å². The molecule has 5 nitrogen and oxygen atoms in total. The van der Waals surface area contributed by atoms with Crippen molar-refractivity contribution < 1.29 is 14.6 Å². The molecule has 0 bridgehead atoms. The molecule has 2 aromatic rings. The molecule has 0 unspecified atom stereocenters. The molecule has 6 heteroatoms. The lowest BCUT2D eigenvalue weighted by molar-refractivity contribution is -0.645. The third kappa shape index (κ3) is 1.33. The van der Waals surface area contributed by atoms with E-state index in [1.807, 2.05) is 31.5 Å². The summed E-state index contributed by atoms with van der Waals surface area (Å²) in [5.41, 5.74) is 2.57. The van der Waals surface area contributed by atoms with Gasteiger partial charge in [-0.3, -0.25) is 4.79 Å². The normalized spacial score (nSPS) is 51.4. The van der Waals surface area contributed by atoms with Crippen molar-refractivity contribution in [3.05, 3.63) is 23.7 Å². The van der Waals surface area contributed by atoms with Crippen molar-refractivity contribution in [2.75, 3.05) is 0 Å². The number of rotatable bonds is 5. The van der Waals surface area contributed by atoms with Gasteiger partial charge in [-0.15, -0.1) is 11.3 Å². The Balaban J connectivity index is 0.922. The quantitative estimate of drug-likeness (QED) is 0.798. The molecule has 7 aliphatic carbocycles. The summed E-state index contributed by atoms with van der Waals surface area (Å²) >= 11 is 1.62. The summed E-state index contributed by atoms with van der Waals surface area (Å²) in [4.78, 5) is 17.3. The van der Waals surface area contributed by atoms with E-state index in [-0.39, 0.29) is 28.9 Å². The minimum absolute atomic E-state index is 0.0819. The smallest absolute Gasteiger partial charge is 0.223 e. The summed E-state index contributed by atoms with van der Waals surface area (Å²) in [6.45, 7) is 4.00. The monoisotopic (exact) mass is 408 g/mol. The van der Waals surface area contributed by atoms with Gasteiger partial charge in [0.25, 0.3) is 0 Å². The number of aliphatic hydroxyl groups is 1. The standard InChI is InChI=1S/C23H24N2O3S/c1-21(2,27)22-13-16-14(22)18-15(22)17(13)23(16,18)25-20(26)9-6-10(7-9)28-11-4-3-5-12-19(11)24-8-29-12/h3-5,8-10,13-18,27H,6-7H2,1-2H3,(H,25,26)/t9-,10-,13?,14?,15?,16?,17?,18?,22?,23?. The first-order valence-electron chi connectivity index (χ1n) is 10.9. The molecule has 1 aromatic heterocycles. The Bertz CT molecular complexity index is 1060. The molecule has 0 aliphatic heterocycles. The van der Waals surface area contributed by atoms with Crippen LogP contribution in [0.5, 0.6) is 5.75 Å². The summed E-state index contributed by atoms with van der Waals surface area (Å²) < 4.78 is 7.29. The van der Waals surface area contributed by atoms with Crippen LogP contribution < -0.4 is 10.1 Å². The first-order valence-corrected chi connectivity index (χ1v) is 11.8. The van der Waals surface area contributed by atoms with E-state index < -0.39 is 5.60 Å². The van der Waals surface area contributed by atoms with Crippen LogP contribution in [0.25, 0.3) is 10.2 Å². The highest BCUT2D eigenvalue weighted by atomic mass is 32.1. The van der Waals surface area contributed by atoms with Crippen molar-refractivity contribution in [3.63, 3.8) is 0 Å². The van der Waals surface area contributed by atoms with E-state index in [0.717, 1.165) is 28.8 Å². The predicted octanol–water partition coefficient (Wildman–Crippen LogP) is 2.83. The van der Waals surface area contributed by atoms with Gasteiger partial charge in [-0.25, -0.2) is 4.98 Å². The number of hydrogen-bond donors (Lipinski definition) is 2. The molecule has 2 N–H and O–H groups in total. The Kier molecular flexibility index (Phi) is 2.41. The molecule has 7 fully saturated rings. The fourth-order valence-corrected chi connectivity index (χ4v) is 10.0. The van der Waals surface area contributed by atoms with Crippen LogP contribution >= 0.6 is 11.3 Å². The molecule has 1 aromatic carbocycles. The lowest BCUT2D eigenvalue weighted by Gasteiger charge is -3.12. The second-order valence-corrected chi connectivity index (χ2v) is 11.8. The lowest BCUT2D eigenvalue weighted by atomic mass is 8.93. The molecule has 7 aliphatic rings. The molecule has 0 atom stereocenters. The lowest BCUT2D eigenvalue weighted by Crippen LogP contribution is -3.17. The van der Waals surface area contributed by atoms with E-state index in [1.54, 1.807) is 11.3 Å². The fraction of sp³-hybridized carbons (Fsp3) is 0.652. The first kappa shape index (κ1) is 16.1. The molecule has 9 rings (SSSR count). The van der Waals surface area contributed by atoms with E-state index in [9.17, 15) is 9.90 Å². The molecule has 1 heterocycles. The summed E-state index contributed by atoms with van der Waals surface area (Å²) in [5.74, 6) is 5.18. The summed E-state index contributed by atoms with van der Waals surface area (Å²) in [6, 6.07) is 6.04. The Morgan fingerprint density at radius 2 is 1.90 bits per heavy atom. The van der Waals surface area contributed by atoms with Gasteiger partial charge in [-0.2, -0.15) is 0 Å². The number of para-hydroxylation sites is 1. The SMILES string of the molecule is CC(C)(O)C12C3C4C1C1C2C3C41NC(=O)[C@H]1C[C@H](Oc2cccc3scnc23)C1. The molecule has 29 heavy (non-hydrogen) atoms. The molecule has 1 amide bonds. The highest BCUT2D eigenvalue weighted by molar-refractivity contribution is 7.16. The van der Waals surface area contributed by atoms with Gasteiger partial charge in [0.1, 0.15) is 17.4 Å². The van der Waals surface area contributed by atoms with Crippen LogP contribution in [0.1, 0.15) is 26.7 Å². The maximum atomic E-state index is 12.9. The van der Waals surface area contributed by atoms with Gasteiger partial charge in [0, 0.05) is 11.3 Å². The molecule has 0 saturated heterocycles. The van der Waals surface area contributed by atoms with E-state index >= 15 is 0 Å². The zero-order valence-electron chi connectivity index (χ0n) is 16.5. The molecule has 7 saturated carbocycles. The van der Waals surface area contributed by atoms with Crippen molar-refractivity contribution >= 4 is 27.5 Å². The number of aromatic nitrogens is 1. The number of carbonyl (C=O) groups is 1. The zero-order chi connectivity index (χ0) is 19.5. The van der Waals surface area contributed by atoms with E-state index in [0.29, 0.717) is 35.5 Å². The third-order valence-electron chi connectivity index (χ3n) is 10.1. The number of benzene rings is 1. The predicted molar refractivity (Wildman–Crippen MR) is 107 cm³/mol. The zero-order valence-corrected chi connectivity index (χ0v) is 17.3. The van der Waals surface area contributed by atoms with Crippen LogP contribution in [0.3, 0.4) is 0 Å². The minimum atomic E-state index is -0.550. The second-order valence-electron chi connectivity index (χ2n) is 10.9. The number of fused-ring (bicyclic) bond motifs is 1.